The van der Waals surface area contributed by atoms with E-state index in [0.717, 1.165) is 50.0 Å². The van der Waals surface area contributed by atoms with Crippen LogP contribution in [-0.4, -0.2) is 0 Å². The molecule has 1 nitrogen and oxygen atoms in total. The summed E-state index contributed by atoms with van der Waals surface area (Å²) in [6, 6.07) is 55.0. The first-order valence-electron chi connectivity index (χ1n) is 19.1. The highest BCUT2D eigenvalue weighted by Gasteiger charge is 2.35. The van der Waals surface area contributed by atoms with Gasteiger partial charge in [-0.3, -0.25) is 0 Å². The summed E-state index contributed by atoms with van der Waals surface area (Å²) in [4.78, 5) is 1.89. The lowest BCUT2D eigenvalue weighted by Crippen LogP contribution is -2.16. The topological polar surface area (TPSA) is 3.24 Å². The van der Waals surface area contributed by atoms with Crippen molar-refractivity contribution in [2.24, 2.45) is 0 Å². The molecule has 8 aromatic carbocycles. The molecule has 0 saturated heterocycles. The predicted molar refractivity (Wildman–Crippen MR) is 213 cm³/mol. The van der Waals surface area contributed by atoms with Crippen LogP contribution in [0.1, 0.15) is 30.5 Å². The molecule has 0 radical (unpaired) electrons. The van der Waals surface area contributed by atoms with Crippen molar-refractivity contribution in [2.75, 3.05) is 4.90 Å². The summed E-state index contributed by atoms with van der Waals surface area (Å²) in [5.74, 6) is 0. The van der Waals surface area contributed by atoms with Crippen molar-refractivity contribution >= 4 is 27.8 Å². The Morgan fingerprint density at radius 2 is 1.00 bits per heavy atom. The predicted octanol–water partition coefficient (Wildman–Crippen LogP) is 13.6. The summed E-state index contributed by atoms with van der Waals surface area (Å²) in [5.41, 5.74) is 11.3. The molecule has 9 rings (SSSR count). The van der Waals surface area contributed by atoms with Crippen LogP contribution in [0.15, 0.2) is 188 Å². The smallest absolute Gasteiger partial charge is 0.0645 e. The van der Waals surface area contributed by atoms with E-state index in [1.165, 1.54) is 16.7 Å². The fourth-order valence-corrected chi connectivity index (χ4v) is 7.55. The fourth-order valence-electron chi connectivity index (χ4n) is 7.55. The molecule has 0 fully saturated rings. The number of nitrogens with zero attached hydrogens (tertiary/aromatic N) is 1. The molecule has 0 bridgehead atoms. The summed E-state index contributed by atoms with van der Waals surface area (Å²) >= 11 is 0. The third-order valence-electron chi connectivity index (χ3n) is 10.1. The van der Waals surface area contributed by atoms with E-state index in [9.17, 15) is 5.48 Å². The Morgan fingerprint density at radius 3 is 1.84 bits per heavy atom. The number of fused-ring (bicyclic) bond motifs is 4. The first-order valence-corrected chi connectivity index (χ1v) is 17.1. The van der Waals surface area contributed by atoms with E-state index in [1.807, 2.05) is 83.8 Å². The average molecular weight is 644 g/mol. The lowest BCUT2D eigenvalue weighted by molar-refractivity contribution is 0.660. The second-order valence-electron chi connectivity index (χ2n) is 13.5. The zero-order valence-electron chi connectivity index (χ0n) is 32.0. The number of hydrogen-bond acceptors (Lipinski definition) is 1. The molecular formula is C49H37N. The monoisotopic (exact) mass is 643 g/mol. The van der Waals surface area contributed by atoms with Gasteiger partial charge in [-0.05, 0) is 109 Å². The molecule has 0 unspecified atom stereocenters. The summed E-state index contributed by atoms with van der Waals surface area (Å²) < 4.78 is 38.0. The highest BCUT2D eigenvalue weighted by atomic mass is 15.1. The molecule has 0 heterocycles. The minimum atomic E-state index is -0.265. The quantitative estimate of drug-likeness (QED) is 0.174. The van der Waals surface area contributed by atoms with Crippen molar-refractivity contribution in [3.63, 3.8) is 0 Å². The van der Waals surface area contributed by atoms with Gasteiger partial charge in [-0.25, -0.2) is 0 Å². The van der Waals surface area contributed by atoms with Gasteiger partial charge in [0.05, 0.1) is 5.48 Å². The summed E-state index contributed by atoms with van der Waals surface area (Å²) in [5, 5.41) is 2.24. The Hall–Kier alpha value is -6.18. The summed E-state index contributed by atoms with van der Waals surface area (Å²) in [6.45, 7) is 4.47. The molecule has 1 heteroatoms. The van der Waals surface area contributed by atoms with Crippen molar-refractivity contribution in [2.45, 2.75) is 19.3 Å². The van der Waals surface area contributed by atoms with Gasteiger partial charge < -0.3 is 4.90 Å². The maximum Gasteiger partial charge on any atom is 0.0645 e. The van der Waals surface area contributed by atoms with Gasteiger partial charge in [0.2, 0.25) is 0 Å². The summed E-state index contributed by atoms with van der Waals surface area (Å²) in [7, 11) is 0. The maximum atomic E-state index is 9.56. The number of benzene rings is 8. The minimum Gasteiger partial charge on any atom is -0.310 e. The molecule has 0 N–H and O–H groups in total. The summed E-state index contributed by atoms with van der Waals surface area (Å²) in [6.07, 6.45) is 0. The highest BCUT2D eigenvalue weighted by molar-refractivity contribution is 5.97. The van der Waals surface area contributed by atoms with Gasteiger partial charge in [-0.2, -0.15) is 0 Å². The van der Waals surface area contributed by atoms with Crippen LogP contribution in [0, 0.1) is 0 Å². The lowest BCUT2D eigenvalue weighted by atomic mass is 9.82. The van der Waals surface area contributed by atoms with E-state index in [0.29, 0.717) is 5.56 Å². The van der Waals surface area contributed by atoms with Crippen molar-refractivity contribution in [1.29, 1.82) is 0 Å². The Labute approximate surface area is 300 Å². The Bertz CT molecular complexity index is 2700. The number of anilines is 3. The number of rotatable bonds is 6. The van der Waals surface area contributed by atoms with Gasteiger partial charge in [0, 0.05) is 22.5 Å². The van der Waals surface area contributed by atoms with E-state index in [1.54, 1.807) is 0 Å². The van der Waals surface area contributed by atoms with Crippen LogP contribution in [0.25, 0.3) is 55.3 Å². The molecule has 0 aromatic heterocycles. The molecule has 0 amide bonds. The largest absolute Gasteiger partial charge is 0.310 e. The first-order chi connectivity index (χ1) is 26.2. The molecule has 8 aromatic rings. The SMILES string of the molecule is [2H]c1c([2H])c(N(c2ccc(-c3ccccc3)cc2)c2ccc3c(c2)C(C)(C)c2ccccc2-3)c([2H])c([2H])c1-c1cccc(-c2cccc3ccccc23)c1. The molecule has 0 aliphatic heterocycles. The van der Waals surface area contributed by atoms with E-state index in [2.05, 4.69) is 98.8 Å². The van der Waals surface area contributed by atoms with Gasteiger partial charge in [-0.1, -0.05) is 159 Å². The van der Waals surface area contributed by atoms with Gasteiger partial charge in [0.1, 0.15) is 0 Å². The average Bonchev–Trinajstić information content (AvgIpc) is 3.44. The van der Waals surface area contributed by atoms with Crippen molar-refractivity contribution in [3.05, 3.63) is 199 Å². The van der Waals surface area contributed by atoms with Crippen molar-refractivity contribution in [3.8, 4) is 44.5 Å². The van der Waals surface area contributed by atoms with Crippen LogP contribution in [0.3, 0.4) is 0 Å². The third-order valence-corrected chi connectivity index (χ3v) is 10.1. The third kappa shape index (κ3) is 5.11. The van der Waals surface area contributed by atoms with Crippen molar-refractivity contribution < 1.29 is 5.48 Å². The zero-order chi connectivity index (χ0) is 37.1. The van der Waals surface area contributed by atoms with Crippen LogP contribution in [0.5, 0.6) is 0 Å². The van der Waals surface area contributed by atoms with Crippen LogP contribution in [0.2, 0.25) is 0 Å². The van der Waals surface area contributed by atoms with E-state index in [4.69, 9.17) is 0 Å². The van der Waals surface area contributed by atoms with Crippen LogP contribution in [0.4, 0.5) is 17.1 Å². The van der Waals surface area contributed by atoms with Gasteiger partial charge in [-0.15, -0.1) is 0 Å². The standard InChI is InChI=1S/C49H37N/c1-49(2)47-21-9-8-19-45(47)46-31-30-42(33-48(46)49)50(40-26-22-35(23-27-40)34-12-4-3-5-13-34)41-28-24-36(25-29-41)38-16-10-17-39(32-38)44-20-11-15-37-14-6-7-18-43(37)44/h3-33H,1-2H3/i24D,25D,28D,29D. The first kappa shape index (κ1) is 25.8. The maximum absolute atomic E-state index is 9.56. The molecule has 0 spiro atoms. The van der Waals surface area contributed by atoms with Crippen LogP contribution >= 0.6 is 0 Å². The molecule has 50 heavy (non-hydrogen) atoms. The van der Waals surface area contributed by atoms with Gasteiger partial charge in [0.25, 0.3) is 0 Å². The van der Waals surface area contributed by atoms with Gasteiger partial charge in [0.15, 0.2) is 0 Å². The van der Waals surface area contributed by atoms with Crippen LogP contribution < -0.4 is 4.90 Å². The minimum absolute atomic E-state index is 0.0825. The number of hydrogen-bond donors (Lipinski definition) is 0. The molecule has 1 aliphatic carbocycles. The molecule has 0 atom stereocenters. The molecule has 0 saturated carbocycles. The van der Waals surface area contributed by atoms with Gasteiger partial charge >= 0.3 is 0 Å². The van der Waals surface area contributed by atoms with E-state index in [-0.39, 0.29) is 40.8 Å². The zero-order valence-corrected chi connectivity index (χ0v) is 28.0. The Kier molecular flexibility index (Phi) is 6.22. The second-order valence-corrected chi connectivity index (χ2v) is 13.5. The molecule has 238 valence electrons. The van der Waals surface area contributed by atoms with E-state index >= 15 is 0 Å². The molecule has 1 aliphatic rings. The second kappa shape index (κ2) is 12.1. The fraction of sp³-hybridized carbons (Fsp3) is 0.0612. The Balaban J connectivity index is 1.21. The normalized spacial score (nSPS) is 13.9. The Morgan fingerprint density at radius 1 is 0.400 bits per heavy atom. The molecular weight excluding hydrogens is 603 g/mol. The van der Waals surface area contributed by atoms with Crippen LogP contribution in [-0.2, 0) is 5.41 Å². The van der Waals surface area contributed by atoms with Crippen molar-refractivity contribution in [1.82, 2.24) is 0 Å². The lowest BCUT2D eigenvalue weighted by Gasteiger charge is -2.28. The van der Waals surface area contributed by atoms with E-state index < -0.39 is 0 Å². The highest BCUT2D eigenvalue weighted by Crippen LogP contribution is 2.50.